The van der Waals surface area contributed by atoms with Crippen molar-refractivity contribution in [2.75, 3.05) is 24.6 Å². The number of terminal acetylenes is 1. The van der Waals surface area contributed by atoms with Crippen LogP contribution in [0.3, 0.4) is 0 Å². The summed E-state index contributed by atoms with van der Waals surface area (Å²) >= 11 is 0. The van der Waals surface area contributed by atoms with Gasteiger partial charge in [0.15, 0.2) is 17.2 Å². The molecule has 1 fully saturated rings. The number of aromatic nitrogens is 2. The average Bonchev–Trinajstić information content (AvgIpc) is 3.35. The van der Waals surface area contributed by atoms with Crippen molar-refractivity contribution in [3.05, 3.63) is 42.7 Å². The number of furan rings is 1. The number of ether oxygens (including phenoxy) is 2. The van der Waals surface area contributed by atoms with Gasteiger partial charge in [-0.25, -0.2) is 9.97 Å². The number of para-hydroxylation sites is 1. The second kappa shape index (κ2) is 9.64. The van der Waals surface area contributed by atoms with Crippen LogP contribution in [0.1, 0.15) is 39.4 Å². The molecular weight excluding hydrogens is 378 g/mol. The fourth-order valence-electron chi connectivity index (χ4n) is 3.24. The Hall–Kier alpha value is -3.04. The van der Waals surface area contributed by atoms with Gasteiger partial charge in [0.05, 0.1) is 6.61 Å². The number of fused-ring (bicyclic) bond motifs is 3. The number of nitrogens with zero attached hydrogens (tertiary/aromatic N) is 3. The van der Waals surface area contributed by atoms with Gasteiger partial charge in [0.25, 0.3) is 0 Å². The van der Waals surface area contributed by atoms with Crippen molar-refractivity contribution in [1.82, 2.24) is 9.97 Å². The van der Waals surface area contributed by atoms with Gasteiger partial charge in [-0.05, 0) is 45.7 Å². The van der Waals surface area contributed by atoms with Crippen molar-refractivity contribution in [3.8, 4) is 12.5 Å². The Bertz CT molecular complexity index is 1040. The number of anilines is 1. The molecule has 1 aliphatic rings. The second-order valence-electron chi connectivity index (χ2n) is 8.07. The van der Waals surface area contributed by atoms with E-state index in [1.165, 1.54) is 12.8 Å². The molecule has 0 N–H and O–H groups in total. The summed E-state index contributed by atoms with van der Waals surface area (Å²) in [4.78, 5) is 11.7. The van der Waals surface area contributed by atoms with E-state index < -0.39 is 0 Å². The summed E-state index contributed by atoms with van der Waals surface area (Å²) in [6.07, 6.45) is 11.1. The fourth-order valence-corrected chi connectivity index (χ4v) is 3.24. The molecule has 6 nitrogen and oxygen atoms in total. The Balaban J connectivity index is 0.000000318. The summed E-state index contributed by atoms with van der Waals surface area (Å²) in [5.74, 6) is 1.58. The summed E-state index contributed by atoms with van der Waals surface area (Å²) in [7, 11) is 0. The van der Waals surface area contributed by atoms with Gasteiger partial charge in [0.2, 0.25) is 0 Å². The van der Waals surface area contributed by atoms with Crippen LogP contribution in [-0.4, -0.2) is 35.3 Å². The standard InChI is InChI=1S/C18H19N3O2.C6H10O/c1-2-11-22-12-15-19-16-13-7-3-4-8-14(13)23-17(16)18(20-15)21-9-5-6-10-21;1-5-7-6(2,3)4/h2-4,7-8H,1,5-6,9-12H2;1H,2-4H3. The SMILES string of the molecule is C#COC(C)(C)C.C=CCOCc1nc(N2CCCC2)c2oc3ccccc3c2n1. The van der Waals surface area contributed by atoms with Crippen LogP contribution >= 0.6 is 0 Å². The van der Waals surface area contributed by atoms with E-state index in [4.69, 9.17) is 25.3 Å². The molecule has 0 atom stereocenters. The summed E-state index contributed by atoms with van der Waals surface area (Å²) in [6.45, 7) is 12.3. The highest BCUT2D eigenvalue weighted by Gasteiger charge is 2.22. The molecule has 0 amide bonds. The van der Waals surface area contributed by atoms with Crippen molar-refractivity contribution < 1.29 is 13.9 Å². The molecule has 3 aromatic rings. The Morgan fingerprint density at radius 3 is 2.60 bits per heavy atom. The highest BCUT2D eigenvalue weighted by atomic mass is 16.5. The van der Waals surface area contributed by atoms with Gasteiger partial charge in [-0.1, -0.05) is 24.6 Å². The Morgan fingerprint density at radius 1 is 1.23 bits per heavy atom. The molecule has 0 spiro atoms. The smallest absolute Gasteiger partial charge is 0.196 e. The number of rotatable bonds is 5. The highest BCUT2D eigenvalue weighted by Crippen LogP contribution is 2.34. The highest BCUT2D eigenvalue weighted by molar-refractivity contribution is 6.05. The van der Waals surface area contributed by atoms with Gasteiger partial charge in [-0.3, -0.25) is 0 Å². The number of benzene rings is 1. The van der Waals surface area contributed by atoms with Gasteiger partial charge in [-0.2, -0.15) is 0 Å². The van der Waals surface area contributed by atoms with E-state index in [2.05, 4.69) is 22.6 Å². The average molecular weight is 408 g/mol. The first-order chi connectivity index (χ1) is 14.4. The van der Waals surface area contributed by atoms with E-state index in [0.29, 0.717) is 19.0 Å². The van der Waals surface area contributed by atoms with Gasteiger partial charge in [-0.15, -0.1) is 6.58 Å². The van der Waals surface area contributed by atoms with Gasteiger partial charge in [0.1, 0.15) is 29.4 Å². The molecular formula is C24H29N3O3. The molecule has 1 aliphatic heterocycles. The zero-order valence-electron chi connectivity index (χ0n) is 18.0. The molecule has 158 valence electrons. The molecule has 1 aromatic carbocycles. The van der Waals surface area contributed by atoms with Crippen molar-refractivity contribution >= 4 is 27.9 Å². The van der Waals surface area contributed by atoms with Crippen molar-refractivity contribution in [2.24, 2.45) is 0 Å². The Labute approximate surface area is 177 Å². The van der Waals surface area contributed by atoms with Crippen LogP contribution in [0, 0.1) is 12.5 Å². The number of hydrogen-bond acceptors (Lipinski definition) is 6. The van der Waals surface area contributed by atoms with E-state index in [-0.39, 0.29) is 5.60 Å². The van der Waals surface area contributed by atoms with Crippen LogP contribution < -0.4 is 4.90 Å². The van der Waals surface area contributed by atoms with Gasteiger partial charge in [0, 0.05) is 18.5 Å². The fraction of sp³-hybridized carbons (Fsp3) is 0.417. The lowest BCUT2D eigenvalue weighted by molar-refractivity contribution is 0.0967. The lowest BCUT2D eigenvalue weighted by Gasteiger charge is -2.17. The zero-order valence-corrected chi connectivity index (χ0v) is 18.0. The van der Waals surface area contributed by atoms with Crippen LogP contribution in [-0.2, 0) is 16.1 Å². The van der Waals surface area contributed by atoms with E-state index in [9.17, 15) is 0 Å². The van der Waals surface area contributed by atoms with Crippen molar-refractivity contribution in [1.29, 1.82) is 0 Å². The van der Waals surface area contributed by atoms with Crippen LogP contribution in [0.5, 0.6) is 0 Å². The second-order valence-corrected chi connectivity index (χ2v) is 8.07. The normalized spacial score (nSPS) is 13.7. The minimum Gasteiger partial charge on any atom is -0.450 e. The van der Waals surface area contributed by atoms with E-state index in [1.54, 1.807) is 6.08 Å². The van der Waals surface area contributed by atoms with Gasteiger partial charge < -0.3 is 18.8 Å². The van der Waals surface area contributed by atoms with Crippen molar-refractivity contribution in [3.63, 3.8) is 0 Å². The first-order valence-corrected chi connectivity index (χ1v) is 10.2. The molecule has 0 radical (unpaired) electrons. The molecule has 2 aromatic heterocycles. The maximum atomic E-state index is 6.05. The molecule has 0 saturated carbocycles. The monoisotopic (exact) mass is 407 g/mol. The lowest BCUT2D eigenvalue weighted by atomic mass is 10.2. The number of hydrogen-bond donors (Lipinski definition) is 0. The third-order valence-corrected chi connectivity index (χ3v) is 4.49. The van der Waals surface area contributed by atoms with Gasteiger partial charge >= 0.3 is 0 Å². The zero-order chi connectivity index (χ0) is 21.6. The first-order valence-electron chi connectivity index (χ1n) is 10.2. The molecule has 6 heteroatoms. The lowest BCUT2D eigenvalue weighted by Crippen LogP contribution is -2.20. The first kappa shape index (κ1) is 21.7. The minimum atomic E-state index is -0.186. The topological polar surface area (TPSA) is 60.6 Å². The predicted octanol–water partition coefficient (Wildman–Crippen LogP) is 5.07. The summed E-state index contributed by atoms with van der Waals surface area (Å²) in [5.41, 5.74) is 2.31. The maximum Gasteiger partial charge on any atom is 0.196 e. The Kier molecular flexibility index (Phi) is 6.96. The summed E-state index contributed by atoms with van der Waals surface area (Å²) in [6, 6.07) is 7.99. The Morgan fingerprint density at radius 2 is 1.97 bits per heavy atom. The van der Waals surface area contributed by atoms with Crippen LogP contribution in [0.4, 0.5) is 5.82 Å². The molecule has 4 rings (SSSR count). The van der Waals surface area contributed by atoms with Crippen LogP contribution in [0.25, 0.3) is 22.1 Å². The molecule has 0 bridgehead atoms. The third kappa shape index (κ3) is 5.31. The maximum absolute atomic E-state index is 6.05. The largest absolute Gasteiger partial charge is 0.450 e. The van der Waals surface area contributed by atoms with E-state index >= 15 is 0 Å². The molecule has 3 heterocycles. The molecule has 0 aliphatic carbocycles. The van der Waals surface area contributed by atoms with Crippen LogP contribution in [0.2, 0.25) is 0 Å². The summed E-state index contributed by atoms with van der Waals surface area (Å²) in [5, 5.41) is 1.02. The quantitative estimate of drug-likeness (QED) is 0.334. The van der Waals surface area contributed by atoms with Crippen molar-refractivity contribution in [2.45, 2.75) is 45.8 Å². The van der Waals surface area contributed by atoms with Crippen LogP contribution in [0.15, 0.2) is 41.3 Å². The van der Waals surface area contributed by atoms with E-state index in [0.717, 1.165) is 41.0 Å². The molecule has 0 unspecified atom stereocenters. The molecule has 30 heavy (non-hydrogen) atoms. The van der Waals surface area contributed by atoms with E-state index in [1.807, 2.05) is 45.0 Å². The molecule has 1 saturated heterocycles. The predicted molar refractivity (Wildman–Crippen MR) is 120 cm³/mol. The summed E-state index contributed by atoms with van der Waals surface area (Å²) < 4.78 is 16.3. The minimum absolute atomic E-state index is 0.186. The third-order valence-electron chi connectivity index (χ3n) is 4.49.